The normalized spacial score (nSPS) is 24.3. The van der Waals surface area contributed by atoms with Crippen LogP contribution in [0.1, 0.15) is 17.9 Å². The molecule has 0 amide bonds. The summed E-state index contributed by atoms with van der Waals surface area (Å²) in [6, 6.07) is 8.04. The largest absolute Gasteiger partial charge is 0.481 e. The van der Waals surface area contributed by atoms with Crippen LogP contribution < -0.4 is 0 Å². The van der Waals surface area contributed by atoms with Crippen molar-refractivity contribution < 1.29 is 9.90 Å². The van der Waals surface area contributed by atoms with Gasteiger partial charge in [-0.05, 0) is 30.0 Å². The van der Waals surface area contributed by atoms with Crippen molar-refractivity contribution in [3.05, 3.63) is 36.0 Å². The molecule has 2 unspecified atom stereocenters. The molecule has 0 saturated heterocycles. The number of carboxylic acids is 1. The Bertz CT molecular complexity index is 529. The Morgan fingerprint density at radius 2 is 2.27 bits per heavy atom. The minimum atomic E-state index is -0.674. The SMILES string of the molecule is O=C(O)C1CC1c1cccc2[nH]ccc12. The summed E-state index contributed by atoms with van der Waals surface area (Å²) < 4.78 is 0. The number of rotatable bonds is 2. The molecular weight excluding hydrogens is 190 g/mol. The standard InChI is InChI=1S/C12H11NO2/c14-12(15)10-6-9(10)7-2-1-3-11-8(7)4-5-13-11/h1-5,9-10,13H,6H2,(H,14,15). The highest BCUT2D eigenvalue weighted by molar-refractivity contribution is 5.86. The Kier molecular flexibility index (Phi) is 1.63. The van der Waals surface area contributed by atoms with Gasteiger partial charge in [0.1, 0.15) is 0 Å². The van der Waals surface area contributed by atoms with Crippen LogP contribution in [0, 0.1) is 5.92 Å². The Hall–Kier alpha value is -1.77. The Labute approximate surface area is 86.7 Å². The van der Waals surface area contributed by atoms with E-state index in [4.69, 9.17) is 5.11 Å². The van der Waals surface area contributed by atoms with Gasteiger partial charge in [0.25, 0.3) is 0 Å². The highest BCUT2D eigenvalue weighted by atomic mass is 16.4. The number of nitrogens with one attached hydrogen (secondary N) is 1. The summed E-state index contributed by atoms with van der Waals surface area (Å²) in [5.74, 6) is -0.639. The van der Waals surface area contributed by atoms with Crippen molar-refractivity contribution in [3.63, 3.8) is 0 Å². The second kappa shape index (κ2) is 2.86. The highest BCUT2D eigenvalue weighted by Crippen LogP contribution is 2.49. The van der Waals surface area contributed by atoms with Gasteiger partial charge in [-0.15, -0.1) is 0 Å². The van der Waals surface area contributed by atoms with E-state index in [1.54, 1.807) is 0 Å². The van der Waals surface area contributed by atoms with Crippen molar-refractivity contribution in [3.8, 4) is 0 Å². The lowest BCUT2D eigenvalue weighted by atomic mass is 10.0. The predicted molar refractivity (Wildman–Crippen MR) is 56.8 cm³/mol. The molecule has 1 fully saturated rings. The first-order valence-corrected chi connectivity index (χ1v) is 5.06. The van der Waals surface area contributed by atoms with Gasteiger partial charge < -0.3 is 10.1 Å². The Morgan fingerprint density at radius 3 is 3.00 bits per heavy atom. The van der Waals surface area contributed by atoms with Crippen molar-refractivity contribution in [2.45, 2.75) is 12.3 Å². The van der Waals surface area contributed by atoms with Gasteiger partial charge in [-0.2, -0.15) is 0 Å². The Balaban J connectivity index is 2.05. The summed E-state index contributed by atoms with van der Waals surface area (Å²) >= 11 is 0. The molecule has 1 aromatic heterocycles. The third-order valence-corrected chi connectivity index (χ3v) is 3.14. The minimum absolute atomic E-state index is 0.175. The number of H-pyrrole nitrogens is 1. The first kappa shape index (κ1) is 8.53. The van der Waals surface area contributed by atoms with Gasteiger partial charge in [-0.1, -0.05) is 12.1 Å². The van der Waals surface area contributed by atoms with Gasteiger partial charge in [-0.3, -0.25) is 4.79 Å². The van der Waals surface area contributed by atoms with Crippen molar-refractivity contribution in [1.29, 1.82) is 0 Å². The molecule has 2 aromatic rings. The highest BCUT2D eigenvalue weighted by Gasteiger charge is 2.44. The molecule has 3 rings (SSSR count). The monoisotopic (exact) mass is 201 g/mol. The number of aromatic amines is 1. The van der Waals surface area contributed by atoms with Crippen molar-refractivity contribution in [1.82, 2.24) is 4.98 Å². The lowest BCUT2D eigenvalue weighted by molar-refractivity contribution is -0.138. The molecule has 1 aliphatic carbocycles. The van der Waals surface area contributed by atoms with E-state index in [2.05, 4.69) is 4.98 Å². The summed E-state index contributed by atoms with van der Waals surface area (Å²) in [5, 5.41) is 10.1. The number of aliphatic carboxylic acids is 1. The topological polar surface area (TPSA) is 53.1 Å². The van der Waals surface area contributed by atoms with E-state index < -0.39 is 5.97 Å². The zero-order valence-corrected chi connectivity index (χ0v) is 8.10. The predicted octanol–water partition coefficient (Wildman–Crippen LogP) is 2.36. The van der Waals surface area contributed by atoms with Gasteiger partial charge in [0.2, 0.25) is 0 Å². The van der Waals surface area contributed by atoms with Crippen LogP contribution in [0.3, 0.4) is 0 Å². The molecule has 3 nitrogen and oxygen atoms in total. The smallest absolute Gasteiger partial charge is 0.307 e. The maximum atomic E-state index is 10.8. The molecule has 0 aliphatic heterocycles. The zero-order valence-electron chi connectivity index (χ0n) is 8.10. The number of carboxylic acid groups (broad SMARTS) is 1. The number of hydrogen-bond donors (Lipinski definition) is 2. The molecule has 1 saturated carbocycles. The number of carbonyl (C=O) groups is 1. The Morgan fingerprint density at radius 1 is 1.40 bits per heavy atom. The van der Waals surface area contributed by atoms with Crippen LogP contribution in [-0.2, 0) is 4.79 Å². The zero-order chi connectivity index (χ0) is 10.4. The molecular formula is C12H11NO2. The molecule has 1 aromatic carbocycles. The lowest BCUT2D eigenvalue weighted by Gasteiger charge is -2.00. The average Bonchev–Trinajstić information content (AvgIpc) is 2.87. The van der Waals surface area contributed by atoms with Crippen LogP contribution in [0.2, 0.25) is 0 Å². The average molecular weight is 201 g/mol. The maximum Gasteiger partial charge on any atom is 0.307 e. The molecule has 15 heavy (non-hydrogen) atoms. The third kappa shape index (κ3) is 1.23. The van der Waals surface area contributed by atoms with E-state index >= 15 is 0 Å². The molecule has 3 heteroatoms. The maximum absolute atomic E-state index is 10.8. The second-order valence-electron chi connectivity index (χ2n) is 4.07. The first-order valence-electron chi connectivity index (χ1n) is 5.06. The fraction of sp³-hybridized carbons (Fsp3) is 0.250. The number of aromatic nitrogens is 1. The van der Waals surface area contributed by atoms with E-state index in [-0.39, 0.29) is 11.8 Å². The van der Waals surface area contributed by atoms with Crippen LogP contribution in [0.5, 0.6) is 0 Å². The molecule has 2 N–H and O–H groups in total. The van der Waals surface area contributed by atoms with E-state index in [1.165, 1.54) is 5.56 Å². The van der Waals surface area contributed by atoms with E-state index in [0.717, 1.165) is 17.3 Å². The van der Waals surface area contributed by atoms with Gasteiger partial charge in [-0.25, -0.2) is 0 Å². The molecule has 1 aliphatic rings. The summed E-state index contributed by atoms with van der Waals surface area (Å²) in [7, 11) is 0. The molecule has 2 atom stereocenters. The quantitative estimate of drug-likeness (QED) is 0.783. The van der Waals surface area contributed by atoms with Crippen molar-refractivity contribution in [2.24, 2.45) is 5.92 Å². The molecule has 0 radical (unpaired) electrons. The van der Waals surface area contributed by atoms with Crippen molar-refractivity contribution >= 4 is 16.9 Å². The van der Waals surface area contributed by atoms with Crippen LogP contribution in [0.15, 0.2) is 30.5 Å². The second-order valence-corrected chi connectivity index (χ2v) is 4.07. The van der Waals surface area contributed by atoms with Crippen LogP contribution in [0.25, 0.3) is 10.9 Å². The summed E-state index contributed by atoms with van der Waals surface area (Å²) in [6.07, 6.45) is 2.67. The van der Waals surface area contributed by atoms with E-state index in [0.29, 0.717) is 0 Å². The number of benzene rings is 1. The van der Waals surface area contributed by atoms with E-state index in [1.807, 2.05) is 30.5 Å². The van der Waals surface area contributed by atoms with Gasteiger partial charge in [0.05, 0.1) is 5.92 Å². The van der Waals surface area contributed by atoms with E-state index in [9.17, 15) is 4.79 Å². The molecule has 76 valence electrons. The fourth-order valence-electron chi connectivity index (χ4n) is 2.24. The fourth-order valence-corrected chi connectivity index (χ4v) is 2.24. The summed E-state index contributed by atoms with van der Waals surface area (Å²) in [4.78, 5) is 14.0. The molecule has 0 spiro atoms. The van der Waals surface area contributed by atoms with Crippen molar-refractivity contribution in [2.75, 3.05) is 0 Å². The number of fused-ring (bicyclic) bond motifs is 1. The third-order valence-electron chi connectivity index (χ3n) is 3.14. The number of hydrogen-bond acceptors (Lipinski definition) is 1. The van der Waals surface area contributed by atoms with Crippen LogP contribution >= 0.6 is 0 Å². The van der Waals surface area contributed by atoms with Gasteiger partial charge >= 0.3 is 5.97 Å². The molecule has 0 bridgehead atoms. The first-order chi connectivity index (χ1) is 7.27. The summed E-state index contributed by atoms with van der Waals surface area (Å²) in [5.41, 5.74) is 2.25. The van der Waals surface area contributed by atoms with Crippen LogP contribution in [-0.4, -0.2) is 16.1 Å². The van der Waals surface area contributed by atoms with Crippen LogP contribution in [0.4, 0.5) is 0 Å². The summed E-state index contributed by atoms with van der Waals surface area (Å²) in [6.45, 7) is 0. The van der Waals surface area contributed by atoms with Gasteiger partial charge in [0.15, 0.2) is 0 Å². The minimum Gasteiger partial charge on any atom is -0.481 e. The lowest BCUT2D eigenvalue weighted by Crippen LogP contribution is -1.98. The van der Waals surface area contributed by atoms with Gasteiger partial charge in [0, 0.05) is 17.1 Å². The molecule has 1 heterocycles.